The molecule has 7 heteroatoms. The van der Waals surface area contributed by atoms with Gasteiger partial charge in [-0.05, 0) is 30.3 Å². The van der Waals surface area contributed by atoms with Crippen LogP contribution in [0.3, 0.4) is 0 Å². The summed E-state index contributed by atoms with van der Waals surface area (Å²) in [5, 5.41) is 0. The second kappa shape index (κ2) is 6.66. The SMILES string of the molecule is Nc1cc(C(F)(F)F)ccc1C(=O)N1CCN(c2ccccc2)CC1. The minimum absolute atomic E-state index is 0.112. The van der Waals surface area contributed by atoms with Gasteiger partial charge in [-0.15, -0.1) is 0 Å². The summed E-state index contributed by atoms with van der Waals surface area (Å²) in [6, 6.07) is 12.7. The maximum Gasteiger partial charge on any atom is 0.416 e. The van der Waals surface area contributed by atoms with Crippen molar-refractivity contribution in [2.24, 2.45) is 0 Å². The third-order valence-electron chi connectivity index (χ3n) is 4.30. The first-order valence-electron chi connectivity index (χ1n) is 7.92. The number of anilines is 2. The van der Waals surface area contributed by atoms with E-state index in [-0.39, 0.29) is 17.2 Å². The number of para-hydroxylation sites is 1. The van der Waals surface area contributed by atoms with E-state index < -0.39 is 11.7 Å². The molecule has 2 aromatic rings. The van der Waals surface area contributed by atoms with Crippen molar-refractivity contribution < 1.29 is 18.0 Å². The van der Waals surface area contributed by atoms with E-state index in [1.807, 2.05) is 30.3 Å². The van der Waals surface area contributed by atoms with Crippen LogP contribution in [0.25, 0.3) is 0 Å². The molecule has 1 aliphatic heterocycles. The van der Waals surface area contributed by atoms with Crippen molar-refractivity contribution in [2.45, 2.75) is 6.18 Å². The van der Waals surface area contributed by atoms with Crippen molar-refractivity contribution in [3.63, 3.8) is 0 Å². The summed E-state index contributed by atoms with van der Waals surface area (Å²) in [7, 11) is 0. The zero-order valence-electron chi connectivity index (χ0n) is 13.5. The highest BCUT2D eigenvalue weighted by Crippen LogP contribution is 2.31. The van der Waals surface area contributed by atoms with Gasteiger partial charge in [-0.25, -0.2) is 0 Å². The Hall–Kier alpha value is -2.70. The van der Waals surface area contributed by atoms with Crippen LogP contribution in [0.2, 0.25) is 0 Å². The van der Waals surface area contributed by atoms with Crippen LogP contribution in [-0.2, 0) is 6.18 Å². The largest absolute Gasteiger partial charge is 0.416 e. The van der Waals surface area contributed by atoms with Gasteiger partial charge >= 0.3 is 6.18 Å². The van der Waals surface area contributed by atoms with E-state index in [4.69, 9.17) is 5.73 Å². The molecule has 1 amide bonds. The summed E-state index contributed by atoms with van der Waals surface area (Å²) in [6.45, 7) is 2.31. The maximum absolute atomic E-state index is 12.7. The first-order valence-corrected chi connectivity index (χ1v) is 7.92. The van der Waals surface area contributed by atoms with Crippen LogP contribution in [0, 0.1) is 0 Å². The lowest BCUT2D eigenvalue weighted by atomic mass is 10.1. The van der Waals surface area contributed by atoms with E-state index in [0.29, 0.717) is 26.2 Å². The number of rotatable bonds is 2. The van der Waals surface area contributed by atoms with Gasteiger partial charge in [0.05, 0.1) is 11.1 Å². The lowest BCUT2D eigenvalue weighted by molar-refractivity contribution is -0.137. The molecule has 1 saturated heterocycles. The maximum atomic E-state index is 12.7. The number of nitrogens with zero attached hydrogens (tertiary/aromatic N) is 2. The molecule has 0 aliphatic carbocycles. The second-order valence-electron chi connectivity index (χ2n) is 5.91. The Bertz CT molecular complexity index is 754. The highest BCUT2D eigenvalue weighted by molar-refractivity contribution is 5.99. The molecule has 0 spiro atoms. The van der Waals surface area contributed by atoms with Crippen LogP contribution in [0.1, 0.15) is 15.9 Å². The number of hydrogen-bond donors (Lipinski definition) is 1. The highest BCUT2D eigenvalue weighted by Gasteiger charge is 2.32. The number of benzene rings is 2. The van der Waals surface area contributed by atoms with E-state index in [9.17, 15) is 18.0 Å². The van der Waals surface area contributed by atoms with E-state index in [1.54, 1.807) is 4.90 Å². The van der Waals surface area contributed by atoms with Crippen LogP contribution in [-0.4, -0.2) is 37.0 Å². The first-order chi connectivity index (χ1) is 11.9. The number of amides is 1. The van der Waals surface area contributed by atoms with Crippen LogP contribution < -0.4 is 10.6 Å². The monoisotopic (exact) mass is 349 g/mol. The summed E-state index contributed by atoms with van der Waals surface area (Å²) in [5.74, 6) is -0.334. The highest BCUT2D eigenvalue weighted by atomic mass is 19.4. The average Bonchev–Trinajstić information content (AvgIpc) is 2.61. The molecule has 0 atom stereocenters. The van der Waals surface area contributed by atoms with Gasteiger partial charge in [0.15, 0.2) is 0 Å². The Morgan fingerprint density at radius 3 is 2.16 bits per heavy atom. The summed E-state index contributed by atoms with van der Waals surface area (Å²) in [5.41, 5.74) is 5.89. The predicted octanol–water partition coefficient (Wildman–Crippen LogP) is 3.25. The number of halogens is 3. The van der Waals surface area contributed by atoms with Crippen molar-refractivity contribution in [2.75, 3.05) is 36.8 Å². The molecule has 2 aromatic carbocycles. The molecular formula is C18H18F3N3O. The third kappa shape index (κ3) is 3.70. The Morgan fingerprint density at radius 2 is 1.60 bits per heavy atom. The van der Waals surface area contributed by atoms with Gasteiger partial charge in [0, 0.05) is 37.6 Å². The van der Waals surface area contributed by atoms with E-state index in [2.05, 4.69) is 4.90 Å². The number of carbonyl (C=O) groups excluding carboxylic acids is 1. The van der Waals surface area contributed by atoms with Gasteiger partial charge in [-0.1, -0.05) is 18.2 Å². The molecule has 0 saturated carbocycles. The summed E-state index contributed by atoms with van der Waals surface area (Å²) in [6.07, 6.45) is -4.48. The van der Waals surface area contributed by atoms with Gasteiger partial charge in [-0.3, -0.25) is 4.79 Å². The van der Waals surface area contributed by atoms with Gasteiger partial charge in [0.2, 0.25) is 0 Å². The Balaban J connectivity index is 1.69. The number of carbonyl (C=O) groups is 1. The van der Waals surface area contributed by atoms with Crippen molar-refractivity contribution >= 4 is 17.3 Å². The minimum Gasteiger partial charge on any atom is -0.398 e. The molecule has 0 aromatic heterocycles. The number of alkyl halides is 3. The van der Waals surface area contributed by atoms with Gasteiger partial charge < -0.3 is 15.5 Å². The van der Waals surface area contributed by atoms with Gasteiger partial charge in [0.1, 0.15) is 0 Å². The molecule has 0 radical (unpaired) electrons. The molecule has 0 bridgehead atoms. The Morgan fingerprint density at radius 1 is 0.960 bits per heavy atom. The second-order valence-corrected chi connectivity index (χ2v) is 5.91. The summed E-state index contributed by atoms with van der Waals surface area (Å²) in [4.78, 5) is 16.4. The molecule has 2 N–H and O–H groups in total. The van der Waals surface area contributed by atoms with Crippen molar-refractivity contribution in [1.29, 1.82) is 0 Å². The lowest BCUT2D eigenvalue weighted by Crippen LogP contribution is -2.48. The van der Waals surface area contributed by atoms with Crippen LogP contribution >= 0.6 is 0 Å². The van der Waals surface area contributed by atoms with Crippen molar-refractivity contribution in [3.8, 4) is 0 Å². The fraction of sp³-hybridized carbons (Fsp3) is 0.278. The van der Waals surface area contributed by atoms with E-state index in [0.717, 1.165) is 23.9 Å². The predicted molar refractivity (Wildman–Crippen MR) is 90.4 cm³/mol. The molecule has 4 nitrogen and oxygen atoms in total. The standard InChI is InChI=1S/C18H18F3N3O/c19-18(20,21)13-6-7-15(16(22)12-13)17(25)24-10-8-23(9-11-24)14-4-2-1-3-5-14/h1-7,12H,8-11,22H2. The van der Waals surface area contributed by atoms with Crippen LogP contribution in [0.4, 0.5) is 24.5 Å². The Labute approximate surface area is 143 Å². The number of nitrogen functional groups attached to an aromatic ring is 1. The van der Waals surface area contributed by atoms with E-state index in [1.165, 1.54) is 0 Å². The third-order valence-corrected chi connectivity index (χ3v) is 4.30. The Kier molecular flexibility index (Phi) is 4.57. The summed E-state index contributed by atoms with van der Waals surface area (Å²) < 4.78 is 38.1. The number of piperazine rings is 1. The quantitative estimate of drug-likeness (QED) is 0.847. The number of nitrogens with two attached hydrogens (primary N) is 1. The summed E-state index contributed by atoms with van der Waals surface area (Å²) >= 11 is 0. The fourth-order valence-corrected chi connectivity index (χ4v) is 2.91. The first kappa shape index (κ1) is 17.1. The molecule has 1 aliphatic rings. The molecule has 25 heavy (non-hydrogen) atoms. The normalized spacial score (nSPS) is 15.3. The smallest absolute Gasteiger partial charge is 0.398 e. The van der Waals surface area contributed by atoms with Crippen LogP contribution in [0.5, 0.6) is 0 Å². The molecule has 0 unspecified atom stereocenters. The zero-order chi connectivity index (χ0) is 18.0. The molecule has 1 fully saturated rings. The lowest BCUT2D eigenvalue weighted by Gasteiger charge is -2.36. The van der Waals surface area contributed by atoms with Gasteiger partial charge in [-0.2, -0.15) is 13.2 Å². The molecule has 1 heterocycles. The van der Waals surface area contributed by atoms with E-state index >= 15 is 0 Å². The molecule has 3 rings (SSSR count). The van der Waals surface area contributed by atoms with Crippen LogP contribution in [0.15, 0.2) is 48.5 Å². The van der Waals surface area contributed by atoms with Crippen molar-refractivity contribution in [1.82, 2.24) is 4.90 Å². The average molecular weight is 349 g/mol. The van der Waals surface area contributed by atoms with Gasteiger partial charge in [0.25, 0.3) is 5.91 Å². The van der Waals surface area contributed by atoms with Crippen molar-refractivity contribution in [3.05, 3.63) is 59.7 Å². The minimum atomic E-state index is -4.48. The topological polar surface area (TPSA) is 49.6 Å². The zero-order valence-corrected chi connectivity index (χ0v) is 13.5. The fourth-order valence-electron chi connectivity index (χ4n) is 2.91. The number of hydrogen-bond acceptors (Lipinski definition) is 3. The molecular weight excluding hydrogens is 331 g/mol. The molecule has 132 valence electrons.